The van der Waals surface area contributed by atoms with Gasteiger partial charge in [-0.05, 0) is 61.9 Å². The van der Waals surface area contributed by atoms with Crippen LogP contribution in [0.25, 0.3) is 11.3 Å². The number of hydrogen-bond acceptors (Lipinski definition) is 6. The third-order valence-corrected chi connectivity index (χ3v) is 6.82. The van der Waals surface area contributed by atoms with Gasteiger partial charge in [-0.3, -0.25) is 4.98 Å². The van der Waals surface area contributed by atoms with Gasteiger partial charge in [0.15, 0.2) is 5.17 Å². The first kappa shape index (κ1) is 19.2. The van der Waals surface area contributed by atoms with E-state index >= 15 is 0 Å². The molecule has 0 unspecified atom stereocenters. The highest BCUT2D eigenvalue weighted by atomic mass is 32.2. The molecule has 2 aliphatic rings. The van der Waals surface area contributed by atoms with Crippen molar-refractivity contribution in [3.8, 4) is 17.1 Å². The molecule has 3 aromatic rings. The molecule has 0 N–H and O–H groups in total. The van der Waals surface area contributed by atoms with Gasteiger partial charge in [-0.2, -0.15) is 0 Å². The van der Waals surface area contributed by atoms with E-state index in [9.17, 15) is 0 Å². The molecule has 30 heavy (non-hydrogen) atoms. The Bertz CT molecular complexity index is 1030. The molecule has 0 radical (unpaired) electrons. The summed E-state index contributed by atoms with van der Waals surface area (Å²) in [4.78, 5) is 12.1. The van der Waals surface area contributed by atoms with E-state index in [2.05, 4.69) is 35.0 Å². The first-order valence-electron chi connectivity index (χ1n) is 10.5. The summed E-state index contributed by atoms with van der Waals surface area (Å²) < 4.78 is 12.0. The van der Waals surface area contributed by atoms with Crippen LogP contribution in [0.1, 0.15) is 43.8 Å². The summed E-state index contributed by atoms with van der Waals surface area (Å²) in [7, 11) is 0. The molecule has 4 heterocycles. The number of aromatic nitrogens is 1. The predicted molar refractivity (Wildman–Crippen MR) is 121 cm³/mol. The Morgan fingerprint density at radius 3 is 2.70 bits per heavy atom. The number of thioether (sulfide) groups is 1. The molecule has 5 rings (SSSR count). The van der Waals surface area contributed by atoms with Gasteiger partial charge in [0.1, 0.15) is 29.4 Å². The minimum atomic E-state index is -0.0534. The zero-order chi connectivity index (χ0) is 20.5. The Hall–Kier alpha value is -2.73. The summed E-state index contributed by atoms with van der Waals surface area (Å²) in [6, 6.07) is 18.7. The van der Waals surface area contributed by atoms with Crippen molar-refractivity contribution in [3.05, 3.63) is 72.2 Å². The number of ether oxygens (including phenoxy) is 1. The summed E-state index contributed by atoms with van der Waals surface area (Å²) in [6.45, 7) is 4.89. The van der Waals surface area contributed by atoms with Crippen molar-refractivity contribution < 1.29 is 9.15 Å². The molecular weight excluding hydrogens is 394 g/mol. The topological polar surface area (TPSA) is 50.9 Å². The average Bonchev–Trinajstić information content (AvgIpc) is 3.50. The van der Waals surface area contributed by atoms with E-state index in [0.717, 1.165) is 45.9 Å². The van der Waals surface area contributed by atoms with Crippen molar-refractivity contribution in [2.75, 3.05) is 12.4 Å². The fourth-order valence-electron chi connectivity index (χ4n) is 4.21. The van der Waals surface area contributed by atoms with Gasteiger partial charge in [0.2, 0.25) is 0 Å². The minimum Gasteiger partial charge on any atom is -0.494 e. The Morgan fingerprint density at radius 1 is 1.10 bits per heavy atom. The van der Waals surface area contributed by atoms with Crippen LogP contribution in [0.2, 0.25) is 0 Å². The number of benzene rings is 1. The molecule has 154 valence electrons. The van der Waals surface area contributed by atoms with Crippen molar-refractivity contribution in [3.63, 3.8) is 0 Å². The van der Waals surface area contributed by atoms with Gasteiger partial charge in [-0.1, -0.05) is 24.8 Å². The zero-order valence-corrected chi connectivity index (χ0v) is 18.0. The van der Waals surface area contributed by atoms with Crippen molar-refractivity contribution in [1.29, 1.82) is 0 Å². The third-order valence-electron chi connectivity index (χ3n) is 5.70. The fraction of sp³-hybridized carbons (Fsp3) is 0.333. The first-order valence-corrected chi connectivity index (χ1v) is 11.5. The van der Waals surface area contributed by atoms with E-state index in [0.29, 0.717) is 12.6 Å². The van der Waals surface area contributed by atoms with E-state index in [1.165, 1.54) is 0 Å². The Kier molecular flexibility index (Phi) is 5.25. The molecule has 1 fully saturated rings. The fourth-order valence-corrected chi connectivity index (χ4v) is 5.55. The van der Waals surface area contributed by atoms with Gasteiger partial charge in [-0.15, -0.1) is 0 Å². The van der Waals surface area contributed by atoms with Gasteiger partial charge in [0.05, 0.1) is 12.3 Å². The smallest absolute Gasteiger partial charge is 0.161 e. The van der Waals surface area contributed by atoms with Crippen LogP contribution in [0.5, 0.6) is 5.75 Å². The summed E-state index contributed by atoms with van der Waals surface area (Å²) >= 11 is 1.84. The molecule has 1 saturated heterocycles. The highest BCUT2D eigenvalue weighted by Crippen LogP contribution is 2.49. The molecule has 3 atom stereocenters. The van der Waals surface area contributed by atoms with Crippen LogP contribution in [0.4, 0.5) is 0 Å². The molecule has 2 aromatic heterocycles. The maximum absolute atomic E-state index is 6.41. The van der Waals surface area contributed by atoms with Gasteiger partial charge >= 0.3 is 0 Å². The summed E-state index contributed by atoms with van der Waals surface area (Å²) in [6.07, 6.45) is 2.93. The third kappa shape index (κ3) is 3.39. The van der Waals surface area contributed by atoms with Crippen LogP contribution in [-0.4, -0.2) is 33.5 Å². The van der Waals surface area contributed by atoms with E-state index < -0.39 is 0 Å². The quantitative estimate of drug-likeness (QED) is 0.511. The second-order valence-corrected chi connectivity index (χ2v) is 8.48. The second-order valence-electron chi connectivity index (χ2n) is 7.50. The molecule has 0 saturated carbocycles. The van der Waals surface area contributed by atoms with Gasteiger partial charge in [0, 0.05) is 23.6 Å². The Balaban J connectivity index is 1.49. The summed E-state index contributed by atoms with van der Waals surface area (Å²) in [5.74, 6) is 3.75. The van der Waals surface area contributed by atoms with Crippen LogP contribution in [-0.2, 0) is 0 Å². The van der Waals surface area contributed by atoms with Crippen LogP contribution in [0, 0.1) is 0 Å². The highest BCUT2D eigenvalue weighted by molar-refractivity contribution is 8.14. The minimum absolute atomic E-state index is 0.0336. The SMILES string of the molecule is CCOc1ccc(-c2ccc([C@H]3[C@@H](c4ccccn4)N=C4SC[C@@H](CC)N43)o2)cc1. The number of rotatable bonds is 6. The van der Waals surface area contributed by atoms with Gasteiger partial charge in [-0.25, -0.2) is 4.99 Å². The maximum atomic E-state index is 6.41. The molecule has 1 aromatic carbocycles. The number of hydrogen-bond donors (Lipinski definition) is 0. The first-order chi connectivity index (χ1) is 14.8. The molecule has 5 nitrogen and oxygen atoms in total. The van der Waals surface area contributed by atoms with Crippen molar-refractivity contribution >= 4 is 16.9 Å². The van der Waals surface area contributed by atoms with E-state index in [4.69, 9.17) is 14.1 Å². The maximum Gasteiger partial charge on any atom is 0.161 e. The number of aliphatic imine (C=N–C) groups is 1. The van der Waals surface area contributed by atoms with E-state index in [-0.39, 0.29) is 12.1 Å². The second kappa shape index (κ2) is 8.19. The molecule has 0 spiro atoms. The van der Waals surface area contributed by atoms with Crippen LogP contribution in [0.3, 0.4) is 0 Å². The Labute approximate surface area is 181 Å². The van der Waals surface area contributed by atoms with Crippen molar-refractivity contribution in [2.24, 2.45) is 4.99 Å². The van der Waals surface area contributed by atoms with Gasteiger partial charge < -0.3 is 14.1 Å². The number of nitrogens with zero attached hydrogens (tertiary/aromatic N) is 3. The molecule has 6 heteroatoms. The monoisotopic (exact) mass is 419 g/mol. The average molecular weight is 420 g/mol. The lowest BCUT2D eigenvalue weighted by Gasteiger charge is -2.30. The Morgan fingerprint density at radius 2 is 1.97 bits per heavy atom. The predicted octanol–water partition coefficient (Wildman–Crippen LogP) is 5.72. The van der Waals surface area contributed by atoms with E-state index in [1.807, 2.05) is 61.3 Å². The van der Waals surface area contributed by atoms with E-state index in [1.54, 1.807) is 0 Å². The van der Waals surface area contributed by atoms with Gasteiger partial charge in [0.25, 0.3) is 0 Å². The zero-order valence-electron chi connectivity index (χ0n) is 17.2. The lowest BCUT2D eigenvalue weighted by molar-refractivity contribution is 0.226. The number of amidine groups is 1. The number of pyridine rings is 1. The molecule has 0 bridgehead atoms. The highest BCUT2D eigenvalue weighted by Gasteiger charge is 2.46. The van der Waals surface area contributed by atoms with Crippen LogP contribution >= 0.6 is 11.8 Å². The summed E-state index contributed by atoms with van der Waals surface area (Å²) in [5.41, 5.74) is 2.03. The molecule has 0 amide bonds. The molecule has 2 aliphatic heterocycles. The standard InChI is InChI=1S/C24H25N3O2S/c1-3-17-15-30-24-26-22(19-7-5-6-14-25-19)23(27(17)24)21-13-12-20(29-21)16-8-10-18(11-9-16)28-4-2/h5-14,17,22-23H,3-4,15H2,1-2H3/t17-,22-,23+/m1/s1. The van der Waals surface area contributed by atoms with Crippen LogP contribution < -0.4 is 4.74 Å². The summed E-state index contributed by atoms with van der Waals surface area (Å²) in [5, 5.41) is 1.11. The van der Waals surface area contributed by atoms with Crippen molar-refractivity contribution in [2.45, 2.75) is 38.4 Å². The molecule has 0 aliphatic carbocycles. The molecular formula is C24H25N3O2S. The number of fused-ring (bicyclic) bond motifs is 1. The van der Waals surface area contributed by atoms with Crippen LogP contribution in [0.15, 0.2) is 70.2 Å². The normalized spacial score (nSPS) is 22.8. The number of furan rings is 1. The lowest BCUT2D eigenvalue weighted by atomic mass is 10.0. The van der Waals surface area contributed by atoms with Crippen molar-refractivity contribution in [1.82, 2.24) is 9.88 Å². The lowest BCUT2D eigenvalue weighted by Crippen LogP contribution is -2.35. The largest absolute Gasteiger partial charge is 0.494 e.